The molecule has 1 N–H and O–H groups in total. The van der Waals surface area contributed by atoms with Gasteiger partial charge in [-0.05, 0) is 62.1 Å². The summed E-state index contributed by atoms with van der Waals surface area (Å²) in [4.78, 5) is 26.7. The Morgan fingerprint density at radius 2 is 1.90 bits per heavy atom. The van der Waals surface area contributed by atoms with Crippen LogP contribution in [0.5, 0.6) is 11.5 Å². The molecule has 0 aromatic heterocycles. The fourth-order valence-electron chi connectivity index (χ4n) is 3.85. The van der Waals surface area contributed by atoms with Gasteiger partial charge < -0.3 is 19.7 Å². The van der Waals surface area contributed by atoms with E-state index in [-0.39, 0.29) is 18.4 Å². The molecule has 2 amide bonds. The van der Waals surface area contributed by atoms with Crippen LogP contribution in [-0.4, -0.2) is 43.0 Å². The number of fused-ring (bicyclic) bond motifs is 1. The number of rotatable bonds is 6. The van der Waals surface area contributed by atoms with Gasteiger partial charge in [0.25, 0.3) is 11.8 Å². The first-order chi connectivity index (χ1) is 15.0. The van der Waals surface area contributed by atoms with Crippen molar-refractivity contribution in [2.24, 2.45) is 0 Å². The average Bonchev–Trinajstić information content (AvgIpc) is 3.07. The number of halogens is 1. The number of benzene rings is 2. The van der Waals surface area contributed by atoms with Gasteiger partial charge >= 0.3 is 0 Å². The van der Waals surface area contributed by atoms with E-state index in [1.54, 1.807) is 24.3 Å². The SMILES string of the molecule is CCOc1cc(/C=C2/C(=O)Nc3cc(Cl)ccc32)ccc1OCC(=O)N1CCCCC1. The molecular formula is C24H25ClN2O4. The van der Waals surface area contributed by atoms with Crippen molar-refractivity contribution >= 4 is 40.8 Å². The standard InChI is InChI=1S/C24H25ClN2O4/c1-2-30-22-13-16(12-19-18-8-7-17(25)14-20(18)26-24(19)29)6-9-21(22)31-15-23(28)27-10-4-3-5-11-27/h6-9,12-14H,2-5,10-11,15H2,1H3,(H,26,29)/b19-12+. The van der Waals surface area contributed by atoms with E-state index >= 15 is 0 Å². The summed E-state index contributed by atoms with van der Waals surface area (Å²) in [5.74, 6) is 0.865. The van der Waals surface area contributed by atoms with Crippen LogP contribution in [0.3, 0.4) is 0 Å². The van der Waals surface area contributed by atoms with Crippen LogP contribution in [0.4, 0.5) is 5.69 Å². The maximum Gasteiger partial charge on any atom is 0.260 e. The van der Waals surface area contributed by atoms with E-state index < -0.39 is 0 Å². The summed E-state index contributed by atoms with van der Waals surface area (Å²) in [6.45, 7) is 3.91. The van der Waals surface area contributed by atoms with Gasteiger partial charge in [-0.3, -0.25) is 9.59 Å². The van der Waals surface area contributed by atoms with E-state index in [0.717, 1.165) is 37.1 Å². The highest BCUT2D eigenvalue weighted by Crippen LogP contribution is 2.36. The van der Waals surface area contributed by atoms with E-state index in [1.165, 1.54) is 6.42 Å². The number of piperidine rings is 1. The quantitative estimate of drug-likeness (QED) is 0.665. The van der Waals surface area contributed by atoms with Crippen LogP contribution >= 0.6 is 11.6 Å². The Hall–Kier alpha value is -2.99. The van der Waals surface area contributed by atoms with E-state index in [4.69, 9.17) is 21.1 Å². The molecule has 0 radical (unpaired) electrons. The molecule has 0 bridgehead atoms. The van der Waals surface area contributed by atoms with Crippen LogP contribution in [0.15, 0.2) is 36.4 Å². The first-order valence-electron chi connectivity index (χ1n) is 10.6. The highest BCUT2D eigenvalue weighted by molar-refractivity contribution is 6.36. The molecule has 162 valence electrons. The molecule has 7 heteroatoms. The summed E-state index contributed by atoms with van der Waals surface area (Å²) in [5, 5.41) is 3.40. The number of likely N-dealkylation sites (tertiary alicyclic amines) is 1. The van der Waals surface area contributed by atoms with Gasteiger partial charge in [-0.1, -0.05) is 23.7 Å². The Labute approximate surface area is 186 Å². The molecule has 1 saturated heterocycles. The van der Waals surface area contributed by atoms with Gasteiger partial charge in [0, 0.05) is 29.2 Å². The second kappa shape index (κ2) is 9.43. The lowest BCUT2D eigenvalue weighted by Gasteiger charge is -2.26. The Morgan fingerprint density at radius 1 is 1.10 bits per heavy atom. The molecular weight excluding hydrogens is 416 g/mol. The monoisotopic (exact) mass is 440 g/mol. The van der Waals surface area contributed by atoms with E-state index in [1.807, 2.05) is 30.0 Å². The smallest absolute Gasteiger partial charge is 0.260 e. The van der Waals surface area contributed by atoms with Crippen molar-refractivity contribution in [2.45, 2.75) is 26.2 Å². The first-order valence-corrected chi connectivity index (χ1v) is 10.9. The Kier molecular flexibility index (Phi) is 6.47. The fraction of sp³-hybridized carbons (Fsp3) is 0.333. The lowest BCUT2D eigenvalue weighted by Crippen LogP contribution is -2.38. The van der Waals surface area contributed by atoms with Crippen molar-refractivity contribution in [1.82, 2.24) is 4.90 Å². The Bertz CT molecular complexity index is 1030. The molecule has 4 rings (SSSR count). The third-order valence-corrected chi connectivity index (χ3v) is 5.64. The topological polar surface area (TPSA) is 67.9 Å². The first kappa shape index (κ1) is 21.2. The summed E-state index contributed by atoms with van der Waals surface area (Å²) in [5.41, 5.74) is 2.86. The van der Waals surface area contributed by atoms with Crippen LogP contribution in [-0.2, 0) is 9.59 Å². The second-order valence-electron chi connectivity index (χ2n) is 7.57. The van der Waals surface area contributed by atoms with E-state index in [0.29, 0.717) is 34.4 Å². The van der Waals surface area contributed by atoms with E-state index in [9.17, 15) is 9.59 Å². The fourth-order valence-corrected chi connectivity index (χ4v) is 4.02. The Morgan fingerprint density at radius 3 is 2.68 bits per heavy atom. The van der Waals surface area contributed by atoms with Gasteiger partial charge in [0.2, 0.25) is 0 Å². The van der Waals surface area contributed by atoms with Gasteiger partial charge in [-0.15, -0.1) is 0 Å². The maximum atomic E-state index is 12.4. The number of amides is 2. The summed E-state index contributed by atoms with van der Waals surface area (Å²) < 4.78 is 11.5. The van der Waals surface area contributed by atoms with Gasteiger partial charge in [0.05, 0.1) is 12.3 Å². The minimum atomic E-state index is -0.178. The van der Waals surface area contributed by atoms with Gasteiger partial charge in [0.15, 0.2) is 18.1 Å². The van der Waals surface area contributed by atoms with Crippen molar-refractivity contribution in [1.29, 1.82) is 0 Å². The minimum Gasteiger partial charge on any atom is -0.490 e. The molecule has 0 aliphatic carbocycles. The maximum absolute atomic E-state index is 12.4. The van der Waals surface area contributed by atoms with Crippen molar-refractivity contribution in [3.8, 4) is 11.5 Å². The molecule has 0 atom stereocenters. The van der Waals surface area contributed by atoms with Crippen molar-refractivity contribution in [2.75, 3.05) is 31.6 Å². The highest BCUT2D eigenvalue weighted by atomic mass is 35.5. The zero-order chi connectivity index (χ0) is 21.8. The van der Waals surface area contributed by atoms with Gasteiger partial charge in [-0.25, -0.2) is 0 Å². The molecule has 2 aromatic rings. The third kappa shape index (κ3) is 4.85. The molecule has 0 spiro atoms. The normalized spacial score (nSPS) is 16.8. The lowest BCUT2D eigenvalue weighted by atomic mass is 10.0. The number of ether oxygens (including phenoxy) is 2. The molecule has 1 fully saturated rings. The molecule has 6 nitrogen and oxygen atoms in total. The van der Waals surface area contributed by atoms with Crippen LogP contribution in [0, 0.1) is 0 Å². The molecule has 0 saturated carbocycles. The van der Waals surface area contributed by atoms with Crippen LogP contribution in [0.25, 0.3) is 11.6 Å². The number of nitrogens with zero attached hydrogens (tertiary/aromatic N) is 1. The molecule has 2 heterocycles. The van der Waals surface area contributed by atoms with Crippen LogP contribution < -0.4 is 14.8 Å². The zero-order valence-electron chi connectivity index (χ0n) is 17.4. The number of hydrogen-bond acceptors (Lipinski definition) is 4. The summed E-state index contributed by atoms with van der Waals surface area (Å²) in [6, 6.07) is 10.8. The van der Waals surface area contributed by atoms with Crippen molar-refractivity contribution < 1.29 is 19.1 Å². The molecule has 31 heavy (non-hydrogen) atoms. The predicted molar refractivity (Wildman–Crippen MR) is 121 cm³/mol. The number of carbonyl (C=O) groups is 2. The number of carbonyl (C=O) groups excluding carboxylic acids is 2. The molecule has 2 aromatic carbocycles. The molecule has 2 aliphatic heterocycles. The van der Waals surface area contributed by atoms with Gasteiger partial charge in [-0.2, -0.15) is 0 Å². The summed E-state index contributed by atoms with van der Waals surface area (Å²) in [7, 11) is 0. The second-order valence-corrected chi connectivity index (χ2v) is 8.01. The van der Waals surface area contributed by atoms with Crippen LogP contribution in [0.1, 0.15) is 37.3 Å². The number of hydrogen-bond donors (Lipinski definition) is 1. The summed E-state index contributed by atoms with van der Waals surface area (Å²) >= 11 is 6.03. The third-order valence-electron chi connectivity index (χ3n) is 5.40. The van der Waals surface area contributed by atoms with Crippen LogP contribution in [0.2, 0.25) is 5.02 Å². The minimum absolute atomic E-state index is 0.00811. The zero-order valence-corrected chi connectivity index (χ0v) is 18.2. The van der Waals surface area contributed by atoms with Gasteiger partial charge in [0.1, 0.15) is 0 Å². The highest BCUT2D eigenvalue weighted by Gasteiger charge is 2.24. The van der Waals surface area contributed by atoms with E-state index in [2.05, 4.69) is 5.32 Å². The predicted octanol–water partition coefficient (Wildman–Crippen LogP) is 4.62. The van der Waals surface area contributed by atoms with Crippen molar-refractivity contribution in [3.05, 3.63) is 52.5 Å². The molecule has 0 unspecified atom stereocenters. The molecule has 2 aliphatic rings. The lowest BCUT2D eigenvalue weighted by molar-refractivity contribution is -0.134. The number of nitrogens with one attached hydrogen (secondary N) is 1. The number of anilines is 1. The summed E-state index contributed by atoms with van der Waals surface area (Å²) in [6.07, 6.45) is 5.07. The largest absolute Gasteiger partial charge is 0.490 e. The average molecular weight is 441 g/mol. The van der Waals surface area contributed by atoms with Crippen molar-refractivity contribution in [3.63, 3.8) is 0 Å². The Balaban J connectivity index is 1.53.